The maximum absolute atomic E-state index is 13.6. The number of nitrogens with one attached hydrogen (secondary N) is 1. The molecule has 32 heavy (non-hydrogen) atoms. The monoisotopic (exact) mass is 447 g/mol. The van der Waals surface area contributed by atoms with Crippen molar-refractivity contribution in [1.29, 1.82) is 0 Å². The number of benzene rings is 2. The smallest absolute Gasteiger partial charge is 0.254 e. The molecular weight excluding hydrogens is 418 g/mol. The van der Waals surface area contributed by atoms with Gasteiger partial charge in [-0.15, -0.1) is 0 Å². The van der Waals surface area contributed by atoms with Crippen molar-refractivity contribution in [2.24, 2.45) is 0 Å². The maximum Gasteiger partial charge on any atom is 0.254 e. The SMILES string of the molecule is Cc1ccc(C)c(NC(=O)C(c2ccccc2)N2CCCN(C(=O)c3ccsc3)CC2)c1. The molecular formula is C26H29N3O2S. The van der Waals surface area contributed by atoms with Crippen LogP contribution in [0.5, 0.6) is 0 Å². The molecule has 3 aromatic rings. The highest BCUT2D eigenvalue weighted by atomic mass is 32.1. The molecule has 6 heteroatoms. The summed E-state index contributed by atoms with van der Waals surface area (Å²) in [5, 5.41) is 6.99. The first-order valence-corrected chi connectivity index (χ1v) is 12.0. The summed E-state index contributed by atoms with van der Waals surface area (Å²) in [6.45, 7) is 6.74. The molecule has 1 aromatic heterocycles. The lowest BCUT2D eigenvalue weighted by Crippen LogP contribution is -2.40. The van der Waals surface area contributed by atoms with Crippen LogP contribution in [0.15, 0.2) is 65.4 Å². The minimum absolute atomic E-state index is 0.0393. The van der Waals surface area contributed by atoms with Crippen molar-refractivity contribution in [3.05, 3.63) is 87.6 Å². The summed E-state index contributed by atoms with van der Waals surface area (Å²) in [7, 11) is 0. The van der Waals surface area contributed by atoms with E-state index in [1.807, 2.05) is 84.1 Å². The fourth-order valence-electron chi connectivity index (χ4n) is 4.20. The van der Waals surface area contributed by atoms with Crippen LogP contribution in [0, 0.1) is 13.8 Å². The molecule has 166 valence electrons. The zero-order valence-electron chi connectivity index (χ0n) is 18.6. The first kappa shape index (κ1) is 22.2. The van der Waals surface area contributed by atoms with Gasteiger partial charge in [-0.25, -0.2) is 0 Å². The van der Waals surface area contributed by atoms with Crippen molar-refractivity contribution in [3.63, 3.8) is 0 Å². The number of aryl methyl sites for hydroxylation is 2. The second-order valence-corrected chi connectivity index (χ2v) is 9.09. The van der Waals surface area contributed by atoms with Crippen molar-refractivity contribution in [3.8, 4) is 0 Å². The normalized spacial score (nSPS) is 15.8. The van der Waals surface area contributed by atoms with E-state index in [0.29, 0.717) is 19.6 Å². The highest BCUT2D eigenvalue weighted by Crippen LogP contribution is 2.26. The Hall–Kier alpha value is -2.96. The van der Waals surface area contributed by atoms with Gasteiger partial charge < -0.3 is 10.2 Å². The Labute approximate surface area is 193 Å². The Morgan fingerprint density at radius 3 is 2.53 bits per heavy atom. The van der Waals surface area contributed by atoms with E-state index in [1.165, 1.54) is 11.3 Å². The molecule has 0 saturated carbocycles. The molecule has 2 amide bonds. The van der Waals surface area contributed by atoms with E-state index in [-0.39, 0.29) is 11.8 Å². The molecule has 0 aliphatic carbocycles. The summed E-state index contributed by atoms with van der Waals surface area (Å²) >= 11 is 1.54. The van der Waals surface area contributed by atoms with E-state index in [2.05, 4.69) is 10.2 Å². The van der Waals surface area contributed by atoms with Gasteiger partial charge in [-0.05, 0) is 54.5 Å². The van der Waals surface area contributed by atoms with Crippen molar-refractivity contribution in [1.82, 2.24) is 9.80 Å². The van der Waals surface area contributed by atoms with Gasteiger partial charge >= 0.3 is 0 Å². The number of rotatable bonds is 5. The molecule has 1 unspecified atom stereocenters. The van der Waals surface area contributed by atoms with Crippen LogP contribution < -0.4 is 5.32 Å². The predicted molar refractivity (Wildman–Crippen MR) is 130 cm³/mol. The molecule has 2 aromatic carbocycles. The third kappa shape index (κ3) is 5.09. The Bertz CT molecular complexity index is 1070. The maximum atomic E-state index is 13.6. The first-order chi connectivity index (χ1) is 15.5. The van der Waals surface area contributed by atoms with Gasteiger partial charge in [0.05, 0.1) is 5.56 Å². The summed E-state index contributed by atoms with van der Waals surface area (Å²) in [6.07, 6.45) is 0.829. The number of thiophene rings is 1. The number of nitrogens with zero attached hydrogens (tertiary/aromatic N) is 2. The second-order valence-electron chi connectivity index (χ2n) is 8.31. The molecule has 1 aliphatic heterocycles. The minimum Gasteiger partial charge on any atom is -0.337 e. The van der Waals surface area contributed by atoms with Crippen LogP contribution >= 0.6 is 11.3 Å². The molecule has 1 saturated heterocycles. The van der Waals surface area contributed by atoms with E-state index < -0.39 is 6.04 Å². The van der Waals surface area contributed by atoms with E-state index in [4.69, 9.17) is 0 Å². The van der Waals surface area contributed by atoms with Crippen molar-refractivity contribution in [2.75, 3.05) is 31.5 Å². The van der Waals surface area contributed by atoms with Crippen LogP contribution in [0.25, 0.3) is 0 Å². The van der Waals surface area contributed by atoms with Crippen LogP contribution in [0.1, 0.15) is 39.5 Å². The molecule has 4 rings (SSSR count). The molecule has 0 radical (unpaired) electrons. The van der Waals surface area contributed by atoms with Gasteiger partial charge in [0.2, 0.25) is 5.91 Å². The van der Waals surface area contributed by atoms with Crippen molar-refractivity contribution in [2.45, 2.75) is 26.3 Å². The van der Waals surface area contributed by atoms with Crippen LogP contribution in [0.3, 0.4) is 0 Å². The van der Waals surface area contributed by atoms with Crippen LogP contribution in [-0.4, -0.2) is 47.8 Å². The van der Waals surface area contributed by atoms with Gasteiger partial charge in [-0.3, -0.25) is 14.5 Å². The average molecular weight is 448 g/mol. The quantitative estimate of drug-likeness (QED) is 0.606. The lowest BCUT2D eigenvalue weighted by molar-refractivity contribution is -0.121. The van der Waals surface area contributed by atoms with Gasteiger partial charge in [0.1, 0.15) is 6.04 Å². The Morgan fingerprint density at radius 1 is 0.969 bits per heavy atom. The Kier molecular flexibility index (Phi) is 7.02. The van der Waals surface area contributed by atoms with Gasteiger partial charge in [0.25, 0.3) is 5.91 Å². The number of carbonyl (C=O) groups excluding carboxylic acids is 2. The summed E-state index contributed by atoms with van der Waals surface area (Å²) in [4.78, 5) is 30.5. The summed E-state index contributed by atoms with van der Waals surface area (Å²) in [5.41, 5.74) is 4.71. The fourth-order valence-corrected chi connectivity index (χ4v) is 4.83. The van der Waals surface area contributed by atoms with Crippen molar-refractivity contribution >= 4 is 28.8 Å². The lowest BCUT2D eigenvalue weighted by atomic mass is 10.0. The highest BCUT2D eigenvalue weighted by Gasteiger charge is 2.30. The van der Waals surface area contributed by atoms with Gasteiger partial charge in [-0.2, -0.15) is 11.3 Å². The van der Waals surface area contributed by atoms with E-state index in [1.54, 1.807) is 0 Å². The molecule has 1 fully saturated rings. The first-order valence-electron chi connectivity index (χ1n) is 11.0. The van der Waals surface area contributed by atoms with E-state index in [0.717, 1.165) is 40.9 Å². The molecule has 0 bridgehead atoms. The van der Waals surface area contributed by atoms with Crippen molar-refractivity contribution < 1.29 is 9.59 Å². The average Bonchev–Trinajstić information content (AvgIpc) is 3.23. The molecule has 1 aliphatic rings. The molecule has 2 heterocycles. The third-order valence-corrected chi connectivity index (χ3v) is 6.65. The third-order valence-electron chi connectivity index (χ3n) is 5.97. The lowest BCUT2D eigenvalue weighted by Gasteiger charge is -2.30. The summed E-state index contributed by atoms with van der Waals surface area (Å²) < 4.78 is 0. The number of amides is 2. The zero-order valence-corrected chi connectivity index (χ0v) is 19.4. The summed E-state index contributed by atoms with van der Waals surface area (Å²) in [5.74, 6) is 0.0340. The van der Waals surface area contributed by atoms with Gasteiger partial charge in [0, 0.05) is 37.2 Å². The second kappa shape index (κ2) is 10.1. The Balaban J connectivity index is 1.55. The molecule has 1 N–H and O–H groups in total. The topological polar surface area (TPSA) is 52.7 Å². The van der Waals surface area contributed by atoms with E-state index in [9.17, 15) is 9.59 Å². The molecule has 1 atom stereocenters. The summed E-state index contributed by atoms with van der Waals surface area (Å²) in [6, 6.07) is 17.5. The van der Waals surface area contributed by atoms with Gasteiger partial charge in [0.15, 0.2) is 0 Å². The van der Waals surface area contributed by atoms with E-state index >= 15 is 0 Å². The van der Waals surface area contributed by atoms with Crippen LogP contribution in [0.2, 0.25) is 0 Å². The fraction of sp³-hybridized carbons (Fsp3) is 0.308. The zero-order chi connectivity index (χ0) is 22.5. The molecule has 5 nitrogen and oxygen atoms in total. The predicted octanol–water partition coefficient (Wildman–Crippen LogP) is 4.89. The molecule has 0 spiro atoms. The largest absolute Gasteiger partial charge is 0.337 e. The Morgan fingerprint density at radius 2 is 1.78 bits per heavy atom. The number of anilines is 1. The minimum atomic E-state index is -0.410. The number of hydrogen-bond acceptors (Lipinski definition) is 4. The van der Waals surface area contributed by atoms with Gasteiger partial charge in [-0.1, -0.05) is 42.5 Å². The van der Waals surface area contributed by atoms with Crippen LogP contribution in [-0.2, 0) is 4.79 Å². The standard InChI is InChI=1S/C26H29N3O2S/c1-19-9-10-20(2)23(17-19)27-25(30)24(21-7-4-3-5-8-21)28-12-6-13-29(15-14-28)26(31)22-11-16-32-18-22/h3-5,7-11,16-18,24H,6,12-15H2,1-2H3,(H,27,30). The number of carbonyl (C=O) groups is 2. The highest BCUT2D eigenvalue weighted by molar-refractivity contribution is 7.08. The van der Waals surface area contributed by atoms with Crippen LogP contribution in [0.4, 0.5) is 5.69 Å². The number of hydrogen-bond donors (Lipinski definition) is 1.